The first kappa shape index (κ1) is 12.7. The van der Waals surface area contributed by atoms with Crippen LogP contribution in [0.5, 0.6) is 5.75 Å². The summed E-state index contributed by atoms with van der Waals surface area (Å²) in [4.78, 5) is 12.3. The molecule has 0 aliphatic carbocycles. The zero-order valence-electron chi connectivity index (χ0n) is 9.98. The van der Waals surface area contributed by atoms with Crippen LogP contribution in [0.2, 0.25) is 0 Å². The molecule has 0 unspecified atom stereocenters. The van der Waals surface area contributed by atoms with Gasteiger partial charge in [-0.05, 0) is 38.1 Å². The van der Waals surface area contributed by atoms with Gasteiger partial charge < -0.3 is 9.53 Å². The van der Waals surface area contributed by atoms with Crippen molar-refractivity contribution in [3.05, 3.63) is 29.8 Å². The number of hydrogen-bond donors (Lipinski definition) is 0. The van der Waals surface area contributed by atoms with Crippen LogP contribution in [0.25, 0.3) is 0 Å². The molecule has 16 heavy (non-hydrogen) atoms. The zero-order chi connectivity index (χ0) is 11.8. The number of benzene rings is 1. The van der Waals surface area contributed by atoms with Crippen LogP contribution in [0, 0.1) is 0 Å². The number of nitrogens with zero attached hydrogens (tertiary/aromatic N) is 1. The van der Waals surface area contributed by atoms with Gasteiger partial charge in [0.2, 0.25) is 0 Å². The lowest BCUT2D eigenvalue weighted by molar-refractivity contribution is -0.108. The fourth-order valence-electron chi connectivity index (χ4n) is 1.46. The van der Waals surface area contributed by atoms with Crippen LogP contribution in [-0.2, 0) is 11.2 Å². The number of hydrogen-bond acceptors (Lipinski definition) is 3. The van der Waals surface area contributed by atoms with E-state index in [-0.39, 0.29) is 0 Å². The van der Waals surface area contributed by atoms with Crippen molar-refractivity contribution in [1.29, 1.82) is 0 Å². The molecule has 0 saturated carbocycles. The molecule has 0 aliphatic rings. The summed E-state index contributed by atoms with van der Waals surface area (Å²) >= 11 is 0. The normalized spacial score (nSPS) is 10.4. The van der Waals surface area contributed by atoms with E-state index < -0.39 is 0 Å². The molecule has 1 rings (SSSR count). The SMILES string of the molecule is CCOc1ccc(CCN(C)CC=O)cc1. The van der Waals surface area contributed by atoms with Crippen LogP contribution in [-0.4, -0.2) is 37.9 Å². The number of carbonyl (C=O) groups excluding carboxylic acids is 1. The lowest BCUT2D eigenvalue weighted by Gasteiger charge is -2.12. The topological polar surface area (TPSA) is 29.5 Å². The quantitative estimate of drug-likeness (QED) is 0.657. The molecule has 0 amide bonds. The Morgan fingerprint density at radius 3 is 2.56 bits per heavy atom. The van der Waals surface area contributed by atoms with Gasteiger partial charge in [-0.25, -0.2) is 0 Å². The third kappa shape index (κ3) is 4.45. The molecule has 3 nitrogen and oxygen atoms in total. The van der Waals surface area contributed by atoms with Crippen molar-refractivity contribution in [1.82, 2.24) is 4.90 Å². The van der Waals surface area contributed by atoms with Crippen molar-refractivity contribution in [2.45, 2.75) is 13.3 Å². The number of aldehydes is 1. The zero-order valence-corrected chi connectivity index (χ0v) is 9.98. The minimum atomic E-state index is 0.497. The van der Waals surface area contributed by atoms with Crippen LogP contribution >= 0.6 is 0 Å². The van der Waals surface area contributed by atoms with Crippen molar-refractivity contribution in [2.24, 2.45) is 0 Å². The Morgan fingerprint density at radius 2 is 2.00 bits per heavy atom. The van der Waals surface area contributed by atoms with Crippen molar-refractivity contribution in [2.75, 3.05) is 26.7 Å². The minimum absolute atomic E-state index is 0.497. The molecule has 0 fully saturated rings. The highest BCUT2D eigenvalue weighted by molar-refractivity contribution is 5.51. The van der Waals surface area contributed by atoms with Gasteiger partial charge in [-0.1, -0.05) is 12.1 Å². The summed E-state index contributed by atoms with van der Waals surface area (Å²) in [7, 11) is 1.95. The monoisotopic (exact) mass is 221 g/mol. The lowest BCUT2D eigenvalue weighted by Crippen LogP contribution is -2.23. The predicted octanol–water partition coefficient (Wildman–Crippen LogP) is 1.76. The molecular weight excluding hydrogens is 202 g/mol. The number of ether oxygens (including phenoxy) is 1. The second-order valence-electron chi connectivity index (χ2n) is 3.76. The van der Waals surface area contributed by atoms with Crippen LogP contribution in [0.3, 0.4) is 0 Å². The Bertz CT molecular complexity index is 308. The number of likely N-dealkylation sites (N-methyl/N-ethyl adjacent to an activating group) is 1. The van der Waals surface area contributed by atoms with E-state index in [0.717, 1.165) is 25.0 Å². The Kier molecular flexibility index (Phi) is 5.57. The second-order valence-corrected chi connectivity index (χ2v) is 3.76. The van der Waals surface area contributed by atoms with Gasteiger partial charge in [0.25, 0.3) is 0 Å². The van der Waals surface area contributed by atoms with Gasteiger partial charge in [0.1, 0.15) is 12.0 Å². The Labute approximate surface area is 97.0 Å². The maximum absolute atomic E-state index is 10.3. The molecule has 0 bridgehead atoms. The molecule has 0 spiro atoms. The maximum Gasteiger partial charge on any atom is 0.133 e. The van der Waals surface area contributed by atoms with E-state index in [9.17, 15) is 4.79 Å². The second kappa shape index (κ2) is 7.01. The fraction of sp³-hybridized carbons (Fsp3) is 0.462. The van der Waals surface area contributed by atoms with E-state index in [2.05, 4.69) is 12.1 Å². The van der Waals surface area contributed by atoms with Crippen molar-refractivity contribution in [3.63, 3.8) is 0 Å². The van der Waals surface area contributed by atoms with Gasteiger partial charge in [-0.3, -0.25) is 4.90 Å². The number of carbonyl (C=O) groups is 1. The van der Waals surface area contributed by atoms with Gasteiger partial charge in [-0.2, -0.15) is 0 Å². The summed E-state index contributed by atoms with van der Waals surface area (Å²) in [5, 5.41) is 0. The molecule has 0 aliphatic heterocycles. The molecule has 88 valence electrons. The van der Waals surface area contributed by atoms with E-state index in [1.807, 2.05) is 31.0 Å². The summed E-state index contributed by atoms with van der Waals surface area (Å²) in [5.41, 5.74) is 1.27. The van der Waals surface area contributed by atoms with E-state index in [1.54, 1.807) is 0 Å². The van der Waals surface area contributed by atoms with E-state index in [1.165, 1.54) is 5.56 Å². The first-order chi connectivity index (χ1) is 7.76. The van der Waals surface area contributed by atoms with Crippen LogP contribution in [0.1, 0.15) is 12.5 Å². The maximum atomic E-state index is 10.3. The molecule has 0 radical (unpaired) electrons. The highest BCUT2D eigenvalue weighted by atomic mass is 16.5. The average molecular weight is 221 g/mol. The van der Waals surface area contributed by atoms with Gasteiger partial charge in [0.05, 0.1) is 13.2 Å². The largest absolute Gasteiger partial charge is 0.494 e. The highest BCUT2D eigenvalue weighted by Gasteiger charge is 1.99. The van der Waals surface area contributed by atoms with E-state index >= 15 is 0 Å². The molecular formula is C13H19NO2. The van der Waals surface area contributed by atoms with Crippen molar-refractivity contribution in [3.8, 4) is 5.75 Å². The molecule has 3 heteroatoms. The van der Waals surface area contributed by atoms with Gasteiger partial charge in [-0.15, -0.1) is 0 Å². The lowest BCUT2D eigenvalue weighted by atomic mass is 10.1. The van der Waals surface area contributed by atoms with Crippen LogP contribution in [0.15, 0.2) is 24.3 Å². The summed E-state index contributed by atoms with van der Waals surface area (Å²) in [6.45, 7) is 4.06. The van der Waals surface area contributed by atoms with E-state index in [0.29, 0.717) is 13.2 Å². The Hall–Kier alpha value is -1.35. The third-order valence-corrected chi connectivity index (χ3v) is 2.40. The fourth-order valence-corrected chi connectivity index (χ4v) is 1.46. The standard InChI is InChI=1S/C13H19NO2/c1-3-16-13-6-4-12(5-7-13)8-9-14(2)10-11-15/h4-7,11H,3,8-10H2,1-2H3. The van der Waals surface area contributed by atoms with Crippen molar-refractivity contribution >= 4 is 6.29 Å². The smallest absolute Gasteiger partial charge is 0.133 e. The van der Waals surface area contributed by atoms with Gasteiger partial charge in [0, 0.05) is 6.54 Å². The minimum Gasteiger partial charge on any atom is -0.494 e. The molecule has 0 heterocycles. The molecule has 0 N–H and O–H groups in total. The molecule has 0 aromatic heterocycles. The first-order valence-electron chi connectivity index (χ1n) is 5.60. The average Bonchev–Trinajstić information content (AvgIpc) is 2.29. The Morgan fingerprint density at radius 1 is 1.31 bits per heavy atom. The van der Waals surface area contributed by atoms with Crippen LogP contribution < -0.4 is 4.74 Å². The molecule has 1 aromatic carbocycles. The summed E-state index contributed by atoms with van der Waals surface area (Å²) in [6, 6.07) is 8.11. The Balaban J connectivity index is 2.39. The van der Waals surface area contributed by atoms with Crippen molar-refractivity contribution < 1.29 is 9.53 Å². The first-order valence-corrected chi connectivity index (χ1v) is 5.60. The molecule has 0 atom stereocenters. The number of rotatable bonds is 7. The third-order valence-electron chi connectivity index (χ3n) is 2.40. The summed E-state index contributed by atoms with van der Waals surface area (Å²) in [6.07, 6.45) is 1.88. The van der Waals surface area contributed by atoms with Gasteiger partial charge in [0.15, 0.2) is 0 Å². The van der Waals surface area contributed by atoms with Crippen LogP contribution in [0.4, 0.5) is 0 Å². The molecule has 1 aromatic rings. The highest BCUT2D eigenvalue weighted by Crippen LogP contribution is 2.12. The predicted molar refractivity (Wildman–Crippen MR) is 64.9 cm³/mol. The summed E-state index contributed by atoms with van der Waals surface area (Å²) < 4.78 is 5.37. The molecule has 0 saturated heterocycles. The van der Waals surface area contributed by atoms with Gasteiger partial charge >= 0.3 is 0 Å². The van der Waals surface area contributed by atoms with E-state index in [4.69, 9.17) is 4.74 Å². The summed E-state index contributed by atoms with van der Waals surface area (Å²) in [5.74, 6) is 0.910.